The maximum atomic E-state index is 15.1. The lowest BCUT2D eigenvalue weighted by molar-refractivity contribution is -0.118. The molecule has 2 atom stereocenters. The van der Waals surface area contributed by atoms with Crippen LogP contribution in [-0.4, -0.2) is 54.5 Å². The van der Waals surface area contributed by atoms with Crippen molar-refractivity contribution in [2.45, 2.75) is 31.5 Å². The van der Waals surface area contributed by atoms with Gasteiger partial charge in [-0.1, -0.05) is 0 Å². The SMILES string of the molecule is COc1cc(F)c([C@@H]2CN(c3cnn4c3OCCC4)C(=O)[C@H]2NC(=O)c2ccc(OC(F)F)cc2)c(F)c1. The number of aromatic nitrogens is 2. The van der Waals surface area contributed by atoms with E-state index in [1.165, 1.54) is 42.5 Å². The molecule has 2 amide bonds. The van der Waals surface area contributed by atoms with E-state index in [0.717, 1.165) is 18.6 Å². The summed E-state index contributed by atoms with van der Waals surface area (Å²) in [4.78, 5) is 27.9. The Kier molecular flexibility index (Phi) is 6.83. The summed E-state index contributed by atoms with van der Waals surface area (Å²) in [6.07, 6.45) is 2.16. The molecule has 0 aliphatic carbocycles. The van der Waals surface area contributed by atoms with Crippen molar-refractivity contribution in [3.63, 3.8) is 0 Å². The third kappa shape index (κ3) is 4.71. The van der Waals surface area contributed by atoms with Gasteiger partial charge in [-0.25, -0.2) is 13.5 Å². The molecule has 0 spiro atoms. The number of fused-ring (bicyclic) bond motifs is 1. The largest absolute Gasteiger partial charge is 0.497 e. The number of nitrogens with one attached hydrogen (secondary N) is 1. The summed E-state index contributed by atoms with van der Waals surface area (Å²) < 4.78 is 71.6. The number of hydrogen-bond donors (Lipinski definition) is 1. The topological polar surface area (TPSA) is 94.9 Å². The van der Waals surface area contributed by atoms with E-state index in [9.17, 15) is 18.4 Å². The summed E-state index contributed by atoms with van der Waals surface area (Å²) in [5.74, 6) is -4.24. The number of rotatable bonds is 7. The Labute approximate surface area is 213 Å². The molecular weight excluding hydrogens is 512 g/mol. The number of carbonyl (C=O) groups excluding carboxylic acids is 2. The fourth-order valence-electron chi connectivity index (χ4n) is 4.66. The van der Waals surface area contributed by atoms with E-state index in [0.29, 0.717) is 24.7 Å². The van der Waals surface area contributed by atoms with Crippen molar-refractivity contribution < 1.29 is 41.4 Å². The van der Waals surface area contributed by atoms with E-state index in [4.69, 9.17) is 9.47 Å². The van der Waals surface area contributed by atoms with Crippen LogP contribution in [0.15, 0.2) is 42.6 Å². The van der Waals surface area contributed by atoms with Crippen molar-refractivity contribution in [2.24, 2.45) is 0 Å². The first-order valence-corrected chi connectivity index (χ1v) is 11.7. The van der Waals surface area contributed by atoms with Gasteiger partial charge in [-0.15, -0.1) is 0 Å². The monoisotopic (exact) mass is 534 g/mol. The Balaban J connectivity index is 1.48. The minimum atomic E-state index is -3.04. The zero-order chi connectivity index (χ0) is 27.0. The number of carbonyl (C=O) groups is 2. The number of anilines is 1. The van der Waals surface area contributed by atoms with Crippen LogP contribution in [0, 0.1) is 11.6 Å². The molecule has 3 aromatic rings. The van der Waals surface area contributed by atoms with E-state index in [1.54, 1.807) is 4.68 Å². The lowest BCUT2D eigenvalue weighted by Crippen LogP contribution is -2.44. The van der Waals surface area contributed by atoms with Crippen LogP contribution in [0.2, 0.25) is 0 Å². The normalized spacial score (nSPS) is 18.8. The van der Waals surface area contributed by atoms with Crippen LogP contribution in [0.5, 0.6) is 17.4 Å². The second-order valence-corrected chi connectivity index (χ2v) is 8.67. The lowest BCUT2D eigenvalue weighted by Gasteiger charge is -2.20. The molecule has 38 heavy (non-hydrogen) atoms. The van der Waals surface area contributed by atoms with Gasteiger partial charge in [-0.3, -0.25) is 9.59 Å². The van der Waals surface area contributed by atoms with E-state index in [2.05, 4.69) is 15.2 Å². The minimum absolute atomic E-state index is 0.0264. The Morgan fingerprint density at radius 1 is 1.16 bits per heavy atom. The van der Waals surface area contributed by atoms with Gasteiger partial charge in [0.1, 0.15) is 34.9 Å². The van der Waals surface area contributed by atoms with Gasteiger partial charge in [0.25, 0.3) is 5.91 Å². The number of halogens is 4. The van der Waals surface area contributed by atoms with Gasteiger partial charge >= 0.3 is 6.61 Å². The molecule has 2 aliphatic heterocycles. The number of methoxy groups -OCH3 is 1. The lowest BCUT2D eigenvalue weighted by atomic mass is 9.92. The number of ether oxygens (including phenoxy) is 3. The number of amides is 2. The summed E-state index contributed by atoms with van der Waals surface area (Å²) >= 11 is 0. The quantitative estimate of drug-likeness (QED) is 0.467. The molecule has 5 rings (SSSR count). The van der Waals surface area contributed by atoms with Crippen LogP contribution in [0.1, 0.15) is 28.3 Å². The van der Waals surface area contributed by atoms with Crippen molar-refractivity contribution >= 4 is 17.5 Å². The number of nitrogens with zero attached hydrogens (tertiary/aromatic N) is 3. The van der Waals surface area contributed by atoms with Crippen LogP contribution in [0.4, 0.5) is 23.2 Å². The molecule has 200 valence electrons. The molecule has 1 aromatic heterocycles. The first-order valence-electron chi connectivity index (χ1n) is 11.7. The van der Waals surface area contributed by atoms with Crippen molar-refractivity contribution in [2.75, 3.05) is 25.2 Å². The maximum absolute atomic E-state index is 15.1. The van der Waals surface area contributed by atoms with Crippen LogP contribution < -0.4 is 24.4 Å². The average Bonchev–Trinajstić information content (AvgIpc) is 3.45. The molecule has 13 heteroatoms. The van der Waals surface area contributed by atoms with Gasteiger partial charge in [0.15, 0.2) is 0 Å². The third-order valence-corrected chi connectivity index (χ3v) is 6.42. The predicted molar refractivity (Wildman–Crippen MR) is 125 cm³/mol. The molecule has 9 nitrogen and oxygen atoms in total. The molecule has 3 heterocycles. The fraction of sp³-hybridized carbons (Fsp3) is 0.320. The van der Waals surface area contributed by atoms with Gasteiger partial charge in [-0.2, -0.15) is 13.9 Å². The van der Waals surface area contributed by atoms with Gasteiger partial charge in [0.2, 0.25) is 11.8 Å². The van der Waals surface area contributed by atoms with Crippen molar-refractivity contribution in [3.05, 3.63) is 65.4 Å². The smallest absolute Gasteiger partial charge is 0.387 e. The summed E-state index contributed by atoms with van der Waals surface area (Å²) in [6.45, 7) is -2.22. The summed E-state index contributed by atoms with van der Waals surface area (Å²) in [5.41, 5.74) is -0.0487. The van der Waals surface area contributed by atoms with Gasteiger partial charge in [0, 0.05) is 48.7 Å². The number of hydrogen-bond acceptors (Lipinski definition) is 6. The Morgan fingerprint density at radius 3 is 2.53 bits per heavy atom. The van der Waals surface area contributed by atoms with Crippen LogP contribution >= 0.6 is 0 Å². The molecule has 0 radical (unpaired) electrons. The first kappa shape index (κ1) is 25.4. The van der Waals surface area contributed by atoms with E-state index >= 15 is 8.78 Å². The standard InChI is InChI=1S/C25H22F4N4O5/c1-36-15-9-17(26)20(18(27)10-15)16-12-32(19-11-30-33-7-2-8-37-24(19)33)23(35)21(16)31-22(34)13-3-5-14(6-4-13)38-25(28)29/h3-6,9-11,16,21,25H,2,7-8,12H2,1H3,(H,31,34)/t16-,21-/m0/s1. The first-order chi connectivity index (χ1) is 18.3. The van der Waals surface area contributed by atoms with Crippen molar-refractivity contribution in [1.29, 1.82) is 0 Å². The molecule has 0 saturated carbocycles. The van der Waals surface area contributed by atoms with Gasteiger partial charge < -0.3 is 24.4 Å². The Hall–Kier alpha value is -4.29. The highest BCUT2D eigenvalue weighted by molar-refractivity contribution is 6.05. The molecule has 2 aromatic carbocycles. The number of aryl methyl sites for hydroxylation is 1. The predicted octanol–water partition coefficient (Wildman–Crippen LogP) is 3.48. The molecule has 1 fully saturated rings. The van der Waals surface area contributed by atoms with Crippen molar-refractivity contribution in [1.82, 2.24) is 15.1 Å². The second-order valence-electron chi connectivity index (χ2n) is 8.67. The summed E-state index contributed by atoms with van der Waals surface area (Å²) in [5, 5.41) is 6.79. The van der Waals surface area contributed by atoms with Crippen molar-refractivity contribution in [3.8, 4) is 17.4 Å². The summed E-state index contributed by atoms with van der Waals surface area (Å²) in [6, 6.07) is 5.43. The highest BCUT2D eigenvalue weighted by atomic mass is 19.3. The zero-order valence-corrected chi connectivity index (χ0v) is 20.0. The van der Waals surface area contributed by atoms with Gasteiger partial charge in [-0.05, 0) is 24.3 Å². The van der Waals surface area contributed by atoms with Gasteiger partial charge in [0.05, 0.1) is 19.9 Å². The third-order valence-electron chi connectivity index (χ3n) is 6.42. The van der Waals surface area contributed by atoms with Crippen LogP contribution in [0.25, 0.3) is 0 Å². The zero-order valence-electron chi connectivity index (χ0n) is 20.0. The summed E-state index contributed by atoms with van der Waals surface area (Å²) in [7, 11) is 1.26. The molecule has 0 bridgehead atoms. The molecular formula is C25H22F4N4O5. The highest BCUT2D eigenvalue weighted by Gasteiger charge is 2.46. The van der Waals surface area contributed by atoms with Crippen LogP contribution in [-0.2, 0) is 11.3 Å². The molecule has 1 saturated heterocycles. The van der Waals surface area contributed by atoms with E-state index in [1.807, 2.05) is 0 Å². The highest BCUT2D eigenvalue weighted by Crippen LogP contribution is 2.40. The van der Waals surface area contributed by atoms with E-state index < -0.39 is 47.6 Å². The maximum Gasteiger partial charge on any atom is 0.387 e. The molecule has 1 N–H and O–H groups in total. The van der Waals surface area contributed by atoms with E-state index in [-0.39, 0.29) is 23.6 Å². The Morgan fingerprint density at radius 2 is 1.87 bits per heavy atom. The second kappa shape index (κ2) is 10.2. The average molecular weight is 534 g/mol. The number of benzene rings is 2. The minimum Gasteiger partial charge on any atom is -0.497 e. The fourth-order valence-corrected chi connectivity index (χ4v) is 4.66. The number of alkyl halides is 2. The molecule has 0 unspecified atom stereocenters. The molecule has 2 aliphatic rings. The Bertz CT molecular complexity index is 1340. The van der Waals surface area contributed by atoms with Crippen LogP contribution in [0.3, 0.4) is 0 Å².